The van der Waals surface area contributed by atoms with Crippen molar-refractivity contribution in [1.82, 2.24) is 9.80 Å². The molecular formula is C27H46N2O3. The molecule has 4 saturated carbocycles. The predicted octanol–water partition coefficient (Wildman–Crippen LogP) is 3.14. The third-order valence-electron chi connectivity index (χ3n) is 11.8. The maximum atomic E-state index is 11.5. The van der Waals surface area contributed by atoms with Crippen molar-refractivity contribution in [3.8, 4) is 0 Å². The number of aliphatic hydroxyl groups excluding tert-OH is 2. The first-order valence-electron chi connectivity index (χ1n) is 13.9. The Kier molecular flexibility index (Phi) is 5.70. The van der Waals surface area contributed by atoms with Crippen LogP contribution < -0.4 is 0 Å². The molecule has 2 aliphatic heterocycles. The van der Waals surface area contributed by atoms with Gasteiger partial charge in [-0.15, -0.1) is 0 Å². The molecule has 0 aromatic rings. The Morgan fingerprint density at radius 2 is 1.47 bits per heavy atom. The van der Waals surface area contributed by atoms with Gasteiger partial charge in [-0.25, -0.2) is 0 Å². The summed E-state index contributed by atoms with van der Waals surface area (Å²) < 4.78 is 5.64. The minimum Gasteiger partial charge on any atom is -0.391 e. The maximum absolute atomic E-state index is 11.5. The van der Waals surface area contributed by atoms with E-state index < -0.39 is 0 Å². The van der Waals surface area contributed by atoms with Crippen molar-refractivity contribution in [1.29, 1.82) is 0 Å². The molecule has 2 N–H and O–H groups in total. The lowest BCUT2D eigenvalue weighted by Crippen LogP contribution is -2.63. The van der Waals surface area contributed by atoms with E-state index in [4.69, 9.17) is 4.74 Å². The van der Waals surface area contributed by atoms with Gasteiger partial charge in [-0.3, -0.25) is 9.80 Å². The normalized spacial score (nSPS) is 54.8. The fourth-order valence-corrected chi connectivity index (χ4v) is 10.1. The lowest BCUT2D eigenvalue weighted by molar-refractivity contribution is -0.169. The minimum atomic E-state index is -0.176. The molecule has 0 spiro atoms. The van der Waals surface area contributed by atoms with E-state index in [1.165, 1.54) is 64.5 Å². The Balaban J connectivity index is 1.26. The van der Waals surface area contributed by atoms with Crippen molar-refractivity contribution in [3.05, 3.63) is 0 Å². The van der Waals surface area contributed by atoms with Crippen LogP contribution >= 0.6 is 0 Å². The third kappa shape index (κ3) is 3.21. The Morgan fingerprint density at radius 3 is 2.22 bits per heavy atom. The number of rotatable bonds is 2. The molecule has 0 radical (unpaired) electrons. The summed E-state index contributed by atoms with van der Waals surface area (Å²) in [7, 11) is 0. The van der Waals surface area contributed by atoms with Gasteiger partial charge in [0.25, 0.3) is 0 Å². The molecule has 4 aliphatic carbocycles. The number of likely N-dealkylation sites (tertiary alicyclic amines) is 1. The van der Waals surface area contributed by atoms with Gasteiger partial charge in [-0.2, -0.15) is 0 Å². The smallest absolute Gasteiger partial charge is 0.0751 e. The number of ether oxygens (including phenoxy) is 1. The fourth-order valence-electron chi connectivity index (χ4n) is 10.1. The van der Waals surface area contributed by atoms with Gasteiger partial charge in [0.15, 0.2) is 0 Å². The zero-order valence-corrected chi connectivity index (χ0v) is 20.4. The average Bonchev–Trinajstić information content (AvgIpc) is 3.41. The summed E-state index contributed by atoms with van der Waals surface area (Å²) >= 11 is 0. The van der Waals surface area contributed by atoms with Crippen LogP contribution in [0.4, 0.5) is 0 Å². The second-order valence-electron chi connectivity index (χ2n) is 12.8. The van der Waals surface area contributed by atoms with Crippen molar-refractivity contribution < 1.29 is 14.9 Å². The summed E-state index contributed by atoms with van der Waals surface area (Å²) in [4.78, 5) is 5.20. The summed E-state index contributed by atoms with van der Waals surface area (Å²) in [6.07, 6.45) is 10.7. The van der Waals surface area contributed by atoms with Crippen molar-refractivity contribution in [2.45, 2.75) is 95.9 Å². The standard InChI is InChI=1S/C27H46N2O3/c1-26-10-8-23(30)24(29-13-15-32-16-14-29)20(26)6-5-18-19(26)7-9-27(2)21(18)17-22(25(27)31)28-11-3-4-12-28/h18-25,30-31H,3-17H2,1-2H3/t18-,19+,20+,21+,22+,23-,24?,25+,26-,27+/m1/s1. The fraction of sp³-hybridized carbons (Fsp3) is 1.00. The lowest BCUT2D eigenvalue weighted by atomic mass is 9.44. The Bertz CT molecular complexity index is 692. The van der Waals surface area contributed by atoms with Gasteiger partial charge in [0.2, 0.25) is 0 Å². The first-order chi connectivity index (χ1) is 15.4. The molecule has 0 bridgehead atoms. The SMILES string of the molecule is C[C@]12CC[C@@H](O)C(N3CCOCC3)[C@@H]1CC[C@@H]1[C@@H]2CC[C@]2(C)[C@@H](O)[C@@H](N3CCCC3)C[C@@H]12. The van der Waals surface area contributed by atoms with Gasteiger partial charge in [0, 0.05) is 25.2 Å². The molecule has 182 valence electrons. The second-order valence-corrected chi connectivity index (χ2v) is 12.8. The first-order valence-corrected chi connectivity index (χ1v) is 13.9. The summed E-state index contributed by atoms with van der Waals surface area (Å²) in [6, 6.07) is 0.712. The molecule has 5 nitrogen and oxygen atoms in total. The Hall–Kier alpha value is -0.200. The van der Waals surface area contributed by atoms with Gasteiger partial charge >= 0.3 is 0 Å². The predicted molar refractivity (Wildman–Crippen MR) is 125 cm³/mol. The molecular weight excluding hydrogens is 400 g/mol. The number of hydrogen-bond donors (Lipinski definition) is 2. The molecule has 1 unspecified atom stereocenters. The van der Waals surface area contributed by atoms with E-state index in [2.05, 4.69) is 23.6 Å². The van der Waals surface area contributed by atoms with Crippen LogP contribution in [0.5, 0.6) is 0 Å². The van der Waals surface area contributed by atoms with Gasteiger partial charge in [0.05, 0.1) is 25.4 Å². The van der Waals surface area contributed by atoms with Crippen molar-refractivity contribution >= 4 is 0 Å². The lowest BCUT2D eigenvalue weighted by Gasteiger charge is -2.63. The summed E-state index contributed by atoms with van der Waals surface area (Å²) in [5.41, 5.74) is 0.443. The number of fused-ring (bicyclic) bond motifs is 5. The maximum Gasteiger partial charge on any atom is 0.0751 e. The largest absolute Gasteiger partial charge is 0.391 e. The van der Waals surface area contributed by atoms with Gasteiger partial charge in [-0.05, 0) is 105 Å². The third-order valence-corrected chi connectivity index (χ3v) is 11.8. The van der Waals surface area contributed by atoms with E-state index in [9.17, 15) is 10.2 Å². The van der Waals surface area contributed by atoms with Crippen LogP contribution in [0.1, 0.15) is 71.6 Å². The highest BCUT2D eigenvalue weighted by Crippen LogP contribution is 2.67. The van der Waals surface area contributed by atoms with Crippen LogP contribution in [0.15, 0.2) is 0 Å². The van der Waals surface area contributed by atoms with Gasteiger partial charge < -0.3 is 14.9 Å². The van der Waals surface area contributed by atoms with Crippen molar-refractivity contribution in [2.75, 3.05) is 39.4 Å². The van der Waals surface area contributed by atoms with Crippen LogP contribution in [0.3, 0.4) is 0 Å². The summed E-state index contributed by atoms with van der Waals surface area (Å²) in [5, 5.41) is 22.7. The molecule has 32 heavy (non-hydrogen) atoms. The average molecular weight is 447 g/mol. The van der Waals surface area contributed by atoms with Crippen LogP contribution in [0, 0.1) is 34.5 Å². The van der Waals surface area contributed by atoms with Crippen LogP contribution in [0.25, 0.3) is 0 Å². The van der Waals surface area contributed by atoms with E-state index in [1.54, 1.807) is 0 Å². The molecule has 6 aliphatic rings. The molecule has 0 aromatic heterocycles. The van der Waals surface area contributed by atoms with Crippen LogP contribution in [-0.4, -0.2) is 83.7 Å². The highest BCUT2D eigenvalue weighted by Gasteiger charge is 2.64. The topological polar surface area (TPSA) is 56.2 Å². The van der Waals surface area contributed by atoms with Crippen molar-refractivity contribution in [2.24, 2.45) is 34.5 Å². The number of hydrogen-bond acceptors (Lipinski definition) is 5. The molecule has 5 heteroatoms. The molecule has 0 aromatic carbocycles. The molecule has 6 fully saturated rings. The van der Waals surface area contributed by atoms with Gasteiger partial charge in [-0.1, -0.05) is 13.8 Å². The van der Waals surface area contributed by atoms with Crippen molar-refractivity contribution in [3.63, 3.8) is 0 Å². The second kappa shape index (κ2) is 8.19. The van der Waals surface area contributed by atoms with E-state index in [-0.39, 0.29) is 17.6 Å². The molecule has 2 heterocycles. The van der Waals surface area contributed by atoms with Crippen LogP contribution in [-0.2, 0) is 4.74 Å². The highest BCUT2D eigenvalue weighted by atomic mass is 16.5. The highest BCUT2D eigenvalue weighted by molar-refractivity contribution is 5.14. The quantitative estimate of drug-likeness (QED) is 0.683. The van der Waals surface area contributed by atoms with E-state index in [0.717, 1.165) is 44.6 Å². The number of morpholine rings is 1. The zero-order valence-electron chi connectivity index (χ0n) is 20.4. The summed E-state index contributed by atoms with van der Waals surface area (Å²) in [5.74, 6) is 2.81. The van der Waals surface area contributed by atoms with E-state index in [0.29, 0.717) is 29.3 Å². The first kappa shape index (κ1) is 22.3. The Morgan fingerprint density at radius 1 is 0.750 bits per heavy atom. The van der Waals surface area contributed by atoms with E-state index >= 15 is 0 Å². The van der Waals surface area contributed by atoms with Crippen LogP contribution in [0.2, 0.25) is 0 Å². The summed E-state index contributed by atoms with van der Waals surface area (Å²) in [6.45, 7) is 11.0. The molecule has 6 rings (SSSR count). The molecule has 0 amide bonds. The zero-order chi connectivity index (χ0) is 22.1. The molecule has 2 saturated heterocycles. The monoisotopic (exact) mass is 446 g/mol. The number of nitrogens with zero attached hydrogens (tertiary/aromatic N) is 2. The number of aliphatic hydroxyl groups is 2. The Labute approximate surface area is 194 Å². The minimum absolute atomic E-state index is 0.107. The molecule has 10 atom stereocenters. The van der Waals surface area contributed by atoms with E-state index in [1.807, 2.05) is 0 Å². The van der Waals surface area contributed by atoms with Gasteiger partial charge in [0.1, 0.15) is 0 Å².